The predicted molar refractivity (Wildman–Crippen MR) is 131 cm³/mol. The summed E-state index contributed by atoms with van der Waals surface area (Å²) >= 11 is 5.71. The van der Waals surface area contributed by atoms with Crippen LogP contribution in [-0.2, 0) is 6.18 Å². The zero-order valence-electron chi connectivity index (χ0n) is 18.8. The minimum Gasteiger partial charge on any atom is -0.378 e. The molecule has 2 bridgehead atoms. The normalized spacial score (nSPS) is 26.6. The molecule has 7 heteroatoms. The first-order valence-electron chi connectivity index (χ1n) is 11.9. The summed E-state index contributed by atoms with van der Waals surface area (Å²) in [7, 11) is 0. The molecule has 1 aliphatic heterocycles. The lowest BCUT2D eigenvalue weighted by Gasteiger charge is -2.43. The molecule has 2 aliphatic carbocycles. The van der Waals surface area contributed by atoms with E-state index in [4.69, 9.17) is 11.6 Å². The molecule has 2 saturated carbocycles. The molecule has 0 radical (unpaired) electrons. The number of nitrogens with one attached hydrogen (secondary N) is 2. The lowest BCUT2D eigenvalue weighted by atomic mass is 9.68. The van der Waals surface area contributed by atoms with Crippen LogP contribution in [0.4, 0.5) is 24.5 Å². The van der Waals surface area contributed by atoms with Gasteiger partial charge in [-0.1, -0.05) is 41.9 Å². The number of hydrogen-bond acceptors (Lipinski definition) is 2. The van der Waals surface area contributed by atoms with E-state index in [-0.39, 0.29) is 11.7 Å². The molecule has 0 spiro atoms. The minimum absolute atomic E-state index is 0.0597. The van der Waals surface area contributed by atoms with Crippen molar-refractivity contribution in [1.82, 2.24) is 0 Å². The van der Waals surface area contributed by atoms with E-state index in [0.717, 1.165) is 23.4 Å². The molecule has 3 nitrogen and oxygen atoms in total. The number of alkyl halides is 3. The summed E-state index contributed by atoms with van der Waals surface area (Å²) < 4.78 is 39.7. The Morgan fingerprint density at radius 1 is 0.971 bits per heavy atom. The molecule has 35 heavy (non-hydrogen) atoms. The van der Waals surface area contributed by atoms with Crippen molar-refractivity contribution in [1.29, 1.82) is 0 Å². The van der Waals surface area contributed by atoms with Crippen molar-refractivity contribution in [3.8, 4) is 0 Å². The Bertz CT molecular complexity index is 1290. The predicted octanol–water partition coefficient (Wildman–Crippen LogP) is 7.91. The molecule has 0 saturated heterocycles. The number of fused-ring (bicyclic) bond motifs is 7. The van der Waals surface area contributed by atoms with Crippen molar-refractivity contribution < 1.29 is 18.0 Å². The standard InChI is InChI=1S/C28H24ClF3N2O/c29-22-10-9-19(14-21(22)28(30,31)32)33-27(35)18-8-11-23-20(13-18)24-16-6-7-17(12-16)25(24)26(34-23)15-4-2-1-3-5-15/h1-5,8-11,13-14,16-17,24-26,34H,6-7,12H2,(H,33,35)/t16-,17-,24-,25+,26+/m0/s1. The summed E-state index contributed by atoms with van der Waals surface area (Å²) in [4.78, 5) is 13.0. The van der Waals surface area contributed by atoms with Crippen LogP contribution in [-0.4, -0.2) is 5.91 Å². The highest BCUT2D eigenvalue weighted by molar-refractivity contribution is 6.31. The van der Waals surface area contributed by atoms with Crippen LogP contribution in [0, 0.1) is 17.8 Å². The highest BCUT2D eigenvalue weighted by Crippen LogP contribution is 2.63. The van der Waals surface area contributed by atoms with Crippen LogP contribution in [0.25, 0.3) is 0 Å². The summed E-state index contributed by atoms with van der Waals surface area (Å²) in [5.41, 5.74) is 3.00. The van der Waals surface area contributed by atoms with Gasteiger partial charge in [0.2, 0.25) is 0 Å². The van der Waals surface area contributed by atoms with Gasteiger partial charge in [-0.3, -0.25) is 4.79 Å². The zero-order chi connectivity index (χ0) is 24.3. The maximum atomic E-state index is 13.2. The molecule has 2 N–H and O–H groups in total. The first-order valence-corrected chi connectivity index (χ1v) is 12.3. The van der Waals surface area contributed by atoms with E-state index in [1.54, 1.807) is 6.07 Å². The van der Waals surface area contributed by atoms with E-state index in [0.29, 0.717) is 29.2 Å². The molecule has 180 valence electrons. The Balaban J connectivity index is 1.31. The molecule has 5 atom stereocenters. The molecule has 3 aromatic carbocycles. The van der Waals surface area contributed by atoms with Crippen LogP contribution in [0.15, 0.2) is 66.7 Å². The molecule has 2 fully saturated rings. The third-order valence-electron chi connectivity index (χ3n) is 8.04. The largest absolute Gasteiger partial charge is 0.417 e. The van der Waals surface area contributed by atoms with Crippen LogP contribution in [0.2, 0.25) is 5.02 Å². The van der Waals surface area contributed by atoms with Gasteiger partial charge < -0.3 is 10.6 Å². The molecule has 1 heterocycles. The van der Waals surface area contributed by atoms with E-state index in [1.165, 1.54) is 30.9 Å². The third kappa shape index (κ3) is 3.88. The van der Waals surface area contributed by atoms with Gasteiger partial charge >= 0.3 is 6.18 Å². The van der Waals surface area contributed by atoms with Gasteiger partial charge in [0.15, 0.2) is 0 Å². The number of hydrogen-bond donors (Lipinski definition) is 2. The van der Waals surface area contributed by atoms with E-state index < -0.39 is 22.7 Å². The Labute approximate surface area is 206 Å². The van der Waals surface area contributed by atoms with E-state index in [9.17, 15) is 18.0 Å². The molecule has 1 amide bonds. The van der Waals surface area contributed by atoms with Crippen LogP contribution in [0.1, 0.15) is 58.3 Å². The first-order chi connectivity index (χ1) is 16.8. The van der Waals surface area contributed by atoms with Gasteiger partial charge in [-0.15, -0.1) is 0 Å². The number of benzene rings is 3. The van der Waals surface area contributed by atoms with Crippen molar-refractivity contribution in [2.45, 2.75) is 37.4 Å². The van der Waals surface area contributed by atoms with Gasteiger partial charge in [-0.25, -0.2) is 0 Å². The number of anilines is 2. The number of carbonyl (C=O) groups is 1. The molecular weight excluding hydrogens is 473 g/mol. The quantitative estimate of drug-likeness (QED) is 0.387. The third-order valence-corrected chi connectivity index (χ3v) is 8.37. The SMILES string of the molecule is O=C(Nc1ccc(Cl)c(C(F)(F)F)c1)c1ccc2c(c1)[C@@H]1[C@H]3CC[C@@H](C3)[C@H]1[C@@H](c1ccccc1)N2. The maximum absolute atomic E-state index is 13.2. The summed E-state index contributed by atoms with van der Waals surface area (Å²) in [6.45, 7) is 0. The highest BCUT2D eigenvalue weighted by atomic mass is 35.5. The van der Waals surface area contributed by atoms with E-state index >= 15 is 0 Å². The summed E-state index contributed by atoms with van der Waals surface area (Å²) in [5, 5.41) is 5.96. The Morgan fingerprint density at radius 2 is 1.74 bits per heavy atom. The number of halogens is 4. The summed E-state index contributed by atoms with van der Waals surface area (Å²) in [6.07, 6.45) is -0.943. The van der Waals surface area contributed by atoms with Gasteiger partial charge in [-0.05, 0) is 90.5 Å². The fourth-order valence-corrected chi connectivity index (χ4v) is 6.87. The van der Waals surface area contributed by atoms with Crippen molar-refractivity contribution in [2.24, 2.45) is 17.8 Å². The average molecular weight is 497 g/mol. The van der Waals surface area contributed by atoms with Crippen LogP contribution < -0.4 is 10.6 Å². The molecule has 6 rings (SSSR count). The molecule has 0 aromatic heterocycles. The van der Waals surface area contributed by atoms with Crippen molar-refractivity contribution >= 4 is 28.9 Å². The Morgan fingerprint density at radius 3 is 2.51 bits per heavy atom. The lowest BCUT2D eigenvalue weighted by Crippen LogP contribution is -2.35. The second-order valence-corrected chi connectivity index (χ2v) is 10.3. The van der Waals surface area contributed by atoms with Crippen molar-refractivity contribution in [3.63, 3.8) is 0 Å². The number of carbonyl (C=O) groups excluding carboxylic acids is 1. The maximum Gasteiger partial charge on any atom is 0.417 e. The second kappa shape index (κ2) is 8.30. The smallest absolute Gasteiger partial charge is 0.378 e. The fraction of sp³-hybridized carbons (Fsp3) is 0.321. The molecule has 0 unspecified atom stereocenters. The van der Waals surface area contributed by atoms with Gasteiger partial charge in [0.05, 0.1) is 16.6 Å². The van der Waals surface area contributed by atoms with E-state index in [1.807, 2.05) is 18.2 Å². The topological polar surface area (TPSA) is 41.1 Å². The molecular formula is C28H24ClF3N2O. The molecule has 3 aliphatic rings. The Kier molecular flexibility index (Phi) is 5.33. The van der Waals surface area contributed by atoms with Gasteiger partial charge in [0.1, 0.15) is 0 Å². The van der Waals surface area contributed by atoms with Crippen molar-refractivity contribution in [2.75, 3.05) is 10.6 Å². The highest BCUT2D eigenvalue weighted by Gasteiger charge is 2.53. The monoisotopic (exact) mass is 496 g/mol. The van der Waals surface area contributed by atoms with Crippen LogP contribution in [0.5, 0.6) is 0 Å². The van der Waals surface area contributed by atoms with E-state index in [2.05, 4.69) is 34.9 Å². The first kappa shape index (κ1) is 22.5. The van der Waals surface area contributed by atoms with Gasteiger partial charge in [0, 0.05) is 16.9 Å². The summed E-state index contributed by atoms with van der Waals surface area (Å²) in [5.74, 6) is 1.65. The van der Waals surface area contributed by atoms with Crippen molar-refractivity contribution in [3.05, 3.63) is 94.0 Å². The average Bonchev–Trinajstić information content (AvgIpc) is 3.47. The van der Waals surface area contributed by atoms with Crippen LogP contribution in [0.3, 0.4) is 0 Å². The summed E-state index contributed by atoms with van der Waals surface area (Å²) in [6, 6.07) is 19.8. The van der Waals surface area contributed by atoms with Gasteiger partial charge in [-0.2, -0.15) is 13.2 Å². The second-order valence-electron chi connectivity index (χ2n) is 9.92. The zero-order valence-corrected chi connectivity index (χ0v) is 19.5. The fourth-order valence-electron chi connectivity index (χ4n) is 6.64. The number of rotatable bonds is 3. The number of amides is 1. The lowest BCUT2D eigenvalue weighted by molar-refractivity contribution is -0.137. The van der Waals surface area contributed by atoms with Gasteiger partial charge in [0.25, 0.3) is 5.91 Å². The molecule has 3 aromatic rings. The minimum atomic E-state index is -4.60. The van der Waals surface area contributed by atoms with Crippen LogP contribution >= 0.6 is 11.6 Å². The Hall–Kier alpha value is -2.99.